The van der Waals surface area contributed by atoms with Gasteiger partial charge in [-0.3, -0.25) is 0 Å². The number of rotatable bonds is 4. The molecule has 1 saturated heterocycles. The molecule has 0 radical (unpaired) electrons. The molecule has 1 fully saturated rings. The molecule has 0 bridgehead atoms. The third-order valence-corrected chi connectivity index (χ3v) is 4.76. The third kappa shape index (κ3) is 3.82. The second-order valence-corrected chi connectivity index (χ2v) is 6.11. The molecule has 0 saturated carbocycles. The van der Waals surface area contributed by atoms with Gasteiger partial charge in [-0.15, -0.1) is 0 Å². The highest BCUT2D eigenvalue weighted by Gasteiger charge is 2.32. The summed E-state index contributed by atoms with van der Waals surface area (Å²) in [6, 6.07) is 0.237. The first-order valence-electron chi connectivity index (χ1n) is 5.93. The van der Waals surface area contributed by atoms with Gasteiger partial charge in [-0.1, -0.05) is 0 Å². The van der Waals surface area contributed by atoms with Gasteiger partial charge in [-0.25, -0.2) is 9.52 Å². The number of carbonyl (C=O) groups excluding carboxylic acids is 1. The van der Waals surface area contributed by atoms with Gasteiger partial charge in [0.15, 0.2) is 0 Å². The lowest BCUT2D eigenvalue weighted by Gasteiger charge is -2.34. The maximum Gasteiger partial charge on any atom is 0.421 e. The minimum absolute atomic E-state index is 0.237. The highest BCUT2D eigenvalue weighted by Crippen LogP contribution is 2.21. The van der Waals surface area contributed by atoms with Crippen LogP contribution in [-0.2, 0) is 14.9 Å². The van der Waals surface area contributed by atoms with E-state index in [1.54, 1.807) is 0 Å². The van der Waals surface area contributed by atoms with Crippen molar-refractivity contribution in [1.29, 1.82) is 0 Å². The van der Waals surface area contributed by atoms with E-state index in [2.05, 4.69) is 10.1 Å². The minimum Gasteiger partial charge on any atom is -0.452 e. The number of hydrogen-bond donors (Lipinski definition) is 2. The normalized spacial score (nSPS) is 23.4. The summed E-state index contributed by atoms with van der Waals surface area (Å²) >= 11 is 0. The van der Waals surface area contributed by atoms with E-state index in [0.717, 1.165) is 20.0 Å². The monoisotopic (exact) mass is 279 g/mol. The lowest BCUT2D eigenvalue weighted by Crippen LogP contribution is -2.50. The number of piperidine rings is 1. The molecular weight excluding hydrogens is 258 g/mol. The molecule has 1 rings (SSSR count). The van der Waals surface area contributed by atoms with Crippen LogP contribution < -0.4 is 10.0 Å². The molecular formula is C10H21N3O4S. The maximum absolute atomic E-state index is 11.9. The van der Waals surface area contributed by atoms with E-state index in [1.807, 2.05) is 18.7 Å². The average molecular weight is 279 g/mol. The van der Waals surface area contributed by atoms with Crippen molar-refractivity contribution in [3.63, 3.8) is 0 Å². The quantitative estimate of drug-likeness (QED) is 0.751. The lowest BCUT2D eigenvalue weighted by molar-refractivity contribution is 0.175. The summed E-state index contributed by atoms with van der Waals surface area (Å²) < 4.78 is 31.3. The molecule has 0 aromatic carbocycles. The molecule has 0 aliphatic carbocycles. The van der Waals surface area contributed by atoms with Gasteiger partial charge in [0, 0.05) is 19.1 Å². The van der Waals surface area contributed by atoms with Crippen LogP contribution in [0.1, 0.15) is 19.8 Å². The molecule has 1 heterocycles. The van der Waals surface area contributed by atoms with Crippen LogP contribution in [0.25, 0.3) is 0 Å². The summed E-state index contributed by atoms with van der Waals surface area (Å²) in [5.74, 6) is 0.248. The predicted octanol–water partition coefficient (Wildman–Crippen LogP) is -0.0929. The Morgan fingerprint density at radius 3 is 2.72 bits per heavy atom. The molecule has 7 nitrogen and oxygen atoms in total. The average Bonchev–Trinajstić information content (AvgIpc) is 2.37. The van der Waals surface area contributed by atoms with E-state index in [0.29, 0.717) is 13.1 Å². The molecule has 1 aliphatic rings. The van der Waals surface area contributed by atoms with E-state index >= 15 is 0 Å². The van der Waals surface area contributed by atoms with Crippen LogP contribution in [0.3, 0.4) is 0 Å². The number of methoxy groups -OCH3 is 1. The van der Waals surface area contributed by atoms with Gasteiger partial charge < -0.3 is 10.1 Å². The molecule has 8 heteroatoms. The van der Waals surface area contributed by atoms with Gasteiger partial charge in [0.05, 0.1) is 7.11 Å². The Bertz CT molecular complexity index is 385. The first-order chi connectivity index (χ1) is 8.40. The largest absolute Gasteiger partial charge is 0.452 e. The fraction of sp³-hybridized carbons (Fsp3) is 0.900. The Kier molecular flexibility index (Phi) is 5.36. The SMILES string of the molecule is CNC(C)C1CCCN(S(=O)(=O)NC(=O)OC)C1. The van der Waals surface area contributed by atoms with E-state index in [1.165, 1.54) is 4.31 Å². The summed E-state index contributed by atoms with van der Waals surface area (Å²) in [7, 11) is -0.804. The van der Waals surface area contributed by atoms with Gasteiger partial charge in [0.25, 0.3) is 0 Å². The number of ether oxygens (including phenoxy) is 1. The highest BCUT2D eigenvalue weighted by atomic mass is 32.2. The van der Waals surface area contributed by atoms with Gasteiger partial charge in [0.2, 0.25) is 0 Å². The zero-order chi connectivity index (χ0) is 13.8. The number of hydrogen-bond acceptors (Lipinski definition) is 5. The van der Waals surface area contributed by atoms with Crippen molar-refractivity contribution in [3.05, 3.63) is 0 Å². The van der Waals surface area contributed by atoms with E-state index in [4.69, 9.17) is 0 Å². The molecule has 2 unspecified atom stereocenters. The zero-order valence-corrected chi connectivity index (χ0v) is 11.8. The van der Waals surface area contributed by atoms with Crippen molar-refractivity contribution < 1.29 is 17.9 Å². The predicted molar refractivity (Wildman–Crippen MR) is 67.3 cm³/mol. The summed E-state index contributed by atoms with van der Waals surface area (Å²) in [5.41, 5.74) is 0. The molecule has 0 aromatic rings. The Balaban J connectivity index is 2.68. The Hall–Kier alpha value is -0.860. The summed E-state index contributed by atoms with van der Waals surface area (Å²) in [6.45, 7) is 2.86. The van der Waals surface area contributed by atoms with Crippen LogP contribution in [0.4, 0.5) is 4.79 Å². The van der Waals surface area contributed by atoms with Gasteiger partial charge in [-0.2, -0.15) is 12.7 Å². The van der Waals surface area contributed by atoms with Gasteiger partial charge in [0.1, 0.15) is 0 Å². The van der Waals surface area contributed by atoms with E-state index in [9.17, 15) is 13.2 Å². The van der Waals surface area contributed by atoms with Crippen molar-refractivity contribution in [2.75, 3.05) is 27.2 Å². The van der Waals surface area contributed by atoms with Crippen LogP contribution in [-0.4, -0.2) is 52.1 Å². The third-order valence-electron chi connectivity index (χ3n) is 3.32. The summed E-state index contributed by atoms with van der Waals surface area (Å²) in [5, 5.41) is 3.13. The second kappa shape index (κ2) is 6.35. The summed E-state index contributed by atoms with van der Waals surface area (Å²) in [6.07, 6.45) is 0.809. The molecule has 0 spiro atoms. The summed E-state index contributed by atoms with van der Waals surface area (Å²) in [4.78, 5) is 11.0. The molecule has 1 amide bonds. The van der Waals surface area contributed by atoms with Crippen LogP contribution in [0.2, 0.25) is 0 Å². The lowest BCUT2D eigenvalue weighted by atomic mass is 9.93. The first-order valence-corrected chi connectivity index (χ1v) is 7.37. The topological polar surface area (TPSA) is 87.7 Å². The molecule has 1 aliphatic heterocycles. The van der Waals surface area contributed by atoms with Crippen LogP contribution in [0.5, 0.6) is 0 Å². The Morgan fingerprint density at radius 1 is 1.50 bits per heavy atom. The Labute approximate surface area is 108 Å². The standard InChI is InChI=1S/C10H21N3O4S/c1-8(11-2)9-5-4-6-13(7-9)18(15,16)12-10(14)17-3/h8-9,11H,4-7H2,1-3H3,(H,12,14). The number of nitrogens with zero attached hydrogens (tertiary/aromatic N) is 1. The molecule has 2 atom stereocenters. The number of nitrogens with one attached hydrogen (secondary N) is 2. The molecule has 2 N–H and O–H groups in total. The highest BCUT2D eigenvalue weighted by molar-refractivity contribution is 7.87. The molecule has 18 heavy (non-hydrogen) atoms. The van der Waals surface area contributed by atoms with Crippen molar-refractivity contribution in [2.45, 2.75) is 25.8 Å². The van der Waals surface area contributed by atoms with Crippen LogP contribution in [0.15, 0.2) is 0 Å². The number of carbonyl (C=O) groups is 1. The fourth-order valence-corrected chi connectivity index (χ4v) is 3.23. The van der Waals surface area contributed by atoms with Gasteiger partial charge >= 0.3 is 16.3 Å². The fourth-order valence-electron chi connectivity index (χ4n) is 2.05. The Morgan fingerprint density at radius 2 is 2.17 bits per heavy atom. The first kappa shape index (κ1) is 15.2. The number of amides is 1. The zero-order valence-electron chi connectivity index (χ0n) is 11.0. The second-order valence-electron chi connectivity index (χ2n) is 4.44. The van der Waals surface area contributed by atoms with Gasteiger partial charge in [-0.05, 0) is 32.7 Å². The smallest absolute Gasteiger partial charge is 0.421 e. The minimum atomic E-state index is -3.79. The molecule has 106 valence electrons. The van der Waals surface area contributed by atoms with E-state index < -0.39 is 16.3 Å². The van der Waals surface area contributed by atoms with Crippen LogP contribution in [0, 0.1) is 5.92 Å². The van der Waals surface area contributed by atoms with Crippen molar-refractivity contribution in [3.8, 4) is 0 Å². The van der Waals surface area contributed by atoms with Crippen molar-refractivity contribution >= 4 is 16.3 Å². The molecule has 0 aromatic heterocycles. The maximum atomic E-state index is 11.9. The van der Waals surface area contributed by atoms with Crippen LogP contribution >= 0.6 is 0 Å². The van der Waals surface area contributed by atoms with Crippen molar-refractivity contribution in [2.24, 2.45) is 5.92 Å². The van der Waals surface area contributed by atoms with Crippen molar-refractivity contribution in [1.82, 2.24) is 14.3 Å². The van der Waals surface area contributed by atoms with E-state index in [-0.39, 0.29) is 12.0 Å².